The summed E-state index contributed by atoms with van der Waals surface area (Å²) >= 11 is 0. The number of rotatable bonds is 6. The Morgan fingerprint density at radius 2 is 1.85 bits per heavy atom. The van der Waals surface area contributed by atoms with Gasteiger partial charge in [-0.1, -0.05) is 44.2 Å². The largest absolute Gasteiger partial charge is 0.454 e. The van der Waals surface area contributed by atoms with Crippen molar-refractivity contribution in [2.24, 2.45) is 17.8 Å². The molecule has 0 unspecified atom stereocenters. The number of imide groups is 1. The lowest BCUT2D eigenvalue weighted by Gasteiger charge is -2.28. The molecule has 2 amide bonds. The first kappa shape index (κ1) is 26.5. The van der Waals surface area contributed by atoms with Gasteiger partial charge in [0.15, 0.2) is 5.78 Å². The number of aliphatic hydroxyl groups is 1. The number of ether oxygens (including phenoxy) is 1. The lowest BCUT2D eigenvalue weighted by molar-refractivity contribution is -0.145. The molecule has 0 bridgehead atoms. The molecule has 0 aromatic rings. The predicted molar refractivity (Wildman–Crippen MR) is 125 cm³/mol. The van der Waals surface area contributed by atoms with Crippen LogP contribution >= 0.6 is 0 Å². The van der Waals surface area contributed by atoms with Crippen LogP contribution in [0.4, 0.5) is 0 Å². The molecule has 0 aromatic heterocycles. The summed E-state index contributed by atoms with van der Waals surface area (Å²) in [5.41, 5.74) is 0.702. The summed E-state index contributed by atoms with van der Waals surface area (Å²) in [4.78, 5) is 47.8. The number of hydrogen-bond donors (Lipinski definition) is 2. The summed E-state index contributed by atoms with van der Waals surface area (Å²) in [7, 11) is 0. The molecule has 180 valence electrons. The third-order valence-corrected chi connectivity index (χ3v) is 6.01. The SMILES string of the molecule is C/C(=C\[C@H](C)C(=O)/C=C/CC1CC(=O)NC(=O)C1)[C@H]1OC(=O)/C=C/CC/C=C/C[C@@H](O)[C@@H]1C. The summed E-state index contributed by atoms with van der Waals surface area (Å²) in [5, 5.41) is 12.8. The molecule has 33 heavy (non-hydrogen) atoms. The second kappa shape index (κ2) is 13.0. The van der Waals surface area contributed by atoms with Gasteiger partial charge < -0.3 is 9.84 Å². The molecular formula is C26H35NO6. The van der Waals surface area contributed by atoms with Crippen molar-refractivity contribution < 1.29 is 29.0 Å². The van der Waals surface area contributed by atoms with Crippen LogP contribution in [0.1, 0.15) is 59.3 Å². The van der Waals surface area contributed by atoms with Crippen LogP contribution in [-0.2, 0) is 23.9 Å². The lowest BCUT2D eigenvalue weighted by Crippen LogP contribution is -2.38. The highest BCUT2D eigenvalue weighted by atomic mass is 16.5. The zero-order valence-corrected chi connectivity index (χ0v) is 19.7. The van der Waals surface area contributed by atoms with Crippen LogP contribution in [0.3, 0.4) is 0 Å². The Morgan fingerprint density at radius 3 is 2.55 bits per heavy atom. The molecule has 1 saturated heterocycles. The van der Waals surface area contributed by atoms with Crippen molar-refractivity contribution in [1.29, 1.82) is 0 Å². The van der Waals surface area contributed by atoms with Crippen molar-refractivity contribution in [3.63, 3.8) is 0 Å². The minimum atomic E-state index is -0.688. The fraction of sp³-hybridized carbons (Fsp3) is 0.538. The molecule has 2 heterocycles. The maximum Gasteiger partial charge on any atom is 0.331 e. The smallest absolute Gasteiger partial charge is 0.331 e. The quantitative estimate of drug-likeness (QED) is 0.274. The molecule has 4 atom stereocenters. The number of amides is 2. The number of carbonyl (C=O) groups is 4. The number of hydrogen-bond acceptors (Lipinski definition) is 6. The molecule has 0 radical (unpaired) electrons. The maximum absolute atomic E-state index is 12.6. The number of carbonyl (C=O) groups excluding carboxylic acids is 4. The Kier molecular flexibility index (Phi) is 10.5. The minimum absolute atomic E-state index is 0.0945. The highest BCUT2D eigenvalue weighted by Crippen LogP contribution is 2.24. The van der Waals surface area contributed by atoms with Crippen molar-refractivity contribution in [2.45, 2.75) is 71.5 Å². The molecule has 7 nitrogen and oxygen atoms in total. The first-order valence-electron chi connectivity index (χ1n) is 11.6. The zero-order valence-electron chi connectivity index (χ0n) is 19.7. The molecular weight excluding hydrogens is 422 g/mol. The highest BCUT2D eigenvalue weighted by molar-refractivity contribution is 5.97. The van der Waals surface area contributed by atoms with Gasteiger partial charge in [0.2, 0.25) is 11.8 Å². The maximum atomic E-state index is 12.6. The van der Waals surface area contributed by atoms with Gasteiger partial charge in [-0.2, -0.15) is 0 Å². The number of esters is 1. The van der Waals surface area contributed by atoms with Gasteiger partial charge in [0.25, 0.3) is 0 Å². The Hall–Kier alpha value is -2.80. The number of nitrogens with one attached hydrogen (secondary N) is 1. The van der Waals surface area contributed by atoms with Crippen LogP contribution in [0, 0.1) is 17.8 Å². The monoisotopic (exact) mass is 457 g/mol. The summed E-state index contributed by atoms with van der Waals surface area (Å²) in [6, 6.07) is 0. The third-order valence-electron chi connectivity index (χ3n) is 6.01. The first-order chi connectivity index (χ1) is 15.7. The Bertz CT molecular complexity index is 837. The summed E-state index contributed by atoms with van der Waals surface area (Å²) in [5.74, 6) is -2.07. The van der Waals surface area contributed by atoms with Gasteiger partial charge in [-0.25, -0.2) is 4.79 Å². The van der Waals surface area contributed by atoms with Gasteiger partial charge in [0.05, 0.1) is 6.10 Å². The Labute approximate surface area is 195 Å². The van der Waals surface area contributed by atoms with Crippen molar-refractivity contribution in [1.82, 2.24) is 5.32 Å². The number of piperidine rings is 1. The van der Waals surface area contributed by atoms with E-state index < -0.39 is 24.1 Å². The van der Waals surface area contributed by atoms with Gasteiger partial charge in [0, 0.05) is 30.8 Å². The van der Waals surface area contributed by atoms with E-state index in [1.165, 1.54) is 12.2 Å². The van der Waals surface area contributed by atoms with Gasteiger partial charge >= 0.3 is 5.97 Å². The van der Waals surface area contributed by atoms with Gasteiger partial charge in [-0.05, 0) is 50.2 Å². The van der Waals surface area contributed by atoms with Crippen LogP contribution in [0.15, 0.2) is 48.1 Å². The molecule has 2 aliphatic rings. The second-order valence-corrected chi connectivity index (χ2v) is 8.96. The van der Waals surface area contributed by atoms with Gasteiger partial charge in [0.1, 0.15) is 6.10 Å². The van der Waals surface area contributed by atoms with Crippen molar-refractivity contribution >= 4 is 23.6 Å². The molecule has 2 N–H and O–H groups in total. The zero-order chi connectivity index (χ0) is 24.4. The number of allylic oxidation sites excluding steroid dienone is 5. The van der Waals surface area contributed by atoms with Crippen LogP contribution < -0.4 is 5.32 Å². The van der Waals surface area contributed by atoms with Gasteiger partial charge in [-0.15, -0.1) is 0 Å². The van der Waals surface area contributed by atoms with Crippen molar-refractivity contribution in [3.8, 4) is 0 Å². The lowest BCUT2D eigenvalue weighted by atomic mass is 9.88. The fourth-order valence-electron chi connectivity index (χ4n) is 4.04. The molecule has 1 fully saturated rings. The number of aliphatic hydroxyl groups excluding tert-OH is 1. The molecule has 0 aromatic carbocycles. The Balaban J connectivity index is 2.05. The van der Waals surface area contributed by atoms with E-state index in [2.05, 4.69) is 5.32 Å². The van der Waals surface area contributed by atoms with E-state index in [-0.39, 0.29) is 42.3 Å². The van der Waals surface area contributed by atoms with E-state index >= 15 is 0 Å². The van der Waals surface area contributed by atoms with E-state index in [0.717, 1.165) is 6.42 Å². The average molecular weight is 458 g/mol. The van der Waals surface area contributed by atoms with Crippen LogP contribution in [0.5, 0.6) is 0 Å². The predicted octanol–water partition coefficient (Wildman–Crippen LogP) is 3.34. The molecule has 2 aliphatic heterocycles. The average Bonchev–Trinajstić information content (AvgIpc) is 2.74. The van der Waals surface area contributed by atoms with Crippen molar-refractivity contribution in [2.75, 3.05) is 0 Å². The van der Waals surface area contributed by atoms with Crippen LogP contribution in [-0.4, -0.2) is 40.9 Å². The van der Waals surface area contributed by atoms with E-state index in [9.17, 15) is 24.3 Å². The van der Waals surface area contributed by atoms with Crippen LogP contribution in [0.25, 0.3) is 0 Å². The van der Waals surface area contributed by atoms with E-state index in [0.29, 0.717) is 24.8 Å². The fourth-order valence-corrected chi connectivity index (χ4v) is 4.04. The summed E-state index contributed by atoms with van der Waals surface area (Å²) in [6.07, 6.45) is 13.7. The van der Waals surface area contributed by atoms with Crippen molar-refractivity contribution in [3.05, 3.63) is 48.1 Å². The molecule has 7 heteroatoms. The number of cyclic esters (lactones) is 1. The van der Waals surface area contributed by atoms with Crippen LogP contribution in [0.2, 0.25) is 0 Å². The topological polar surface area (TPSA) is 110 Å². The summed E-state index contributed by atoms with van der Waals surface area (Å²) in [6.45, 7) is 5.39. The second-order valence-electron chi connectivity index (χ2n) is 8.96. The Morgan fingerprint density at radius 1 is 1.18 bits per heavy atom. The van der Waals surface area contributed by atoms with E-state index in [1.54, 1.807) is 32.1 Å². The number of ketones is 1. The molecule has 0 aliphatic carbocycles. The highest BCUT2D eigenvalue weighted by Gasteiger charge is 2.29. The van der Waals surface area contributed by atoms with Gasteiger partial charge in [-0.3, -0.25) is 19.7 Å². The van der Waals surface area contributed by atoms with E-state index in [1.807, 2.05) is 19.1 Å². The summed E-state index contributed by atoms with van der Waals surface area (Å²) < 4.78 is 5.65. The molecule has 0 spiro atoms. The minimum Gasteiger partial charge on any atom is -0.454 e. The molecule has 0 saturated carbocycles. The third kappa shape index (κ3) is 8.92. The normalized spacial score (nSPS) is 28.9. The molecule has 2 rings (SSSR count). The first-order valence-corrected chi connectivity index (χ1v) is 11.6. The van der Waals surface area contributed by atoms with E-state index in [4.69, 9.17) is 4.74 Å². The standard InChI is InChI=1S/C26H35NO6/c1-17(21(28)12-9-10-20-15-23(30)27-24(31)16-20)14-18(2)26-19(3)22(29)11-7-5-4-6-8-13-25(32)33-26/h5,7-9,12-14,17,19-20,22,26,29H,4,6,10-11,15-16H2,1-3H3,(H,27,30,31)/b7-5+,12-9+,13-8+,18-14+/t17-,19-,22+,26+/m0/s1.